The lowest BCUT2D eigenvalue weighted by molar-refractivity contribution is 0.276. The van der Waals surface area contributed by atoms with E-state index in [0.717, 1.165) is 16.8 Å². The molecule has 1 aromatic heterocycles. The summed E-state index contributed by atoms with van der Waals surface area (Å²) < 4.78 is 0. The second-order valence-electron chi connectivity index (χ2n) is 5.09. The van der Waals surface area contributed by atoms with E-state index in [1.165, 1.54) is 0 Å². The Kier molecular flexibility index (Phi) is 4.86. The summed E-state index contributed by atoms with van der Waals surface area (Å²) in [5.41, 5.74) is 2.61. The van der Waals surface area contributed by atoms with Crippen LogP contribution in [0, 0.1) is 0 Å². The van der Waals surface area contributed by atoms with Crippen molar-refractivity contribution >= 4 is 17.4 Å². The second kappa shape index (κ2) is 7.22. The Bertz CT molecular complexity index is 780. The van der Waals surface area contributed by atoms with Crippen molar-refractivity contribution in [1.82, 2.24) is 9.97 Å². The number of anilines is 1. The van der Waals surface area contributed by atoms with E-state index in [9.17, 15) is 5.11 Å². The molecular formula is C18H16ClN3O. The number of aliphatic hydroxyl groups excluding tert-OH is 1. The molecule has 1 heterocycles. The van der Waals surface area contributed by atoms with Gasteiger partial charge in [0.2, 0.25) is 0 Å². The van der Waals surface area contributed by atoms with Gasteiger partial charge in [0.1, 0.15) is 5.82 Å². The fourth-order valence-corrected chi connectivity index (χ4v) is 2.51. The number of nitrogens with one attached hydrogen (secondary N) is 1. The van der Waals surface area contributed by atoms with Crippen LogP contribution in [-0.2, 0) is 0 Å². The molecule has 23 heavy (non-hydrogen) atoms. The zero-order valence-electron chi connectivity index (χ0n) is 12.4. The lowest BCUT2D eigenvalue weighted by Gasteiger charge is -2.17. The Labute approximate surface area is 139 Å². The van der Waals surface area contributed by atoms with Crippen molar-refractivity contribution < 1.29 is 5.11 Å². The first-order valence-corrected chi connectivity index (χ1v) is 7.64. The van der Waals surface area contributed by atoms with Crippen molar-refractivity contribution in [3.8, 4) is 11.3 Å². The molecule has 3 rings (SSSR count). The van der Waals surface area contributed by atoms with Crippen LogP contribution in [0.15, 0.2) is 67.0 Å². The van der Waals surface area contributed by atoms with Crippen LogP contribution >= 0.6 is 11.6 Å². The van der Waals surface area contributed by atoms with E-state index in [2.05, 4.69) is 15.3 Å². The monoisotopic (exact) mass is 325 g/mol. The van der Waals surface area contributed by atoms with E-state index < -0.39 is 0 Å². The summed E-state index contributed by atoms with van der Waals surface area (Å²) in [6.45, 7) is -0.0346. The molecule has 2 aromatic carbocycles. The van der Waals surface area contributed by atoms with Crippen LogP contribution in [0.4, 0.5) is 5.82 Å². The van der Waals surface area contributed by atoms with Gasteiger partial charge in [0, 0.05) is 10.6 Å². The number of hydrogen-bond acceptors (Lipinski definition) is 4. The quantitative estimate of drug-likeness (QED) is 0.746. The van der Waals surface area contributed by atoms with Crippen LogP contribution in [-0.4, -0.2) is 21.7 Å². The van der Waals surface area contributed by atoms with Crippen LogP contribution in [0.25, 0.3) is 11.3 Å². The van der Waals surface area contributed by atoms with E-state index in [-0.39, 0.29) is 12.6 Å². The van der Waals surface area contributed by atoms with Gasteiger partial charge in [-0.25, -0.2) is 4.98 Å². The fraction of sp³-hybridized carbons (Fsp3) is 0.111. The highest BCUT2D eigenvalue weighted by Gasteiger charge is 2.11. The molecule has 0 radical (unpaired) electrons. The third kappa shape index (κ3) is 3.86. The molecule has 1 unspecified atom stereocenters. The minimum atomic E-state index is -0.236. The third-order valence-corrected chi connectivity index (χ3v) is 3.70. The lowest BCUT2D eigenvalue weighted by Crippen LogP contribution is -2.15. The van der Waals surface area contributed by atoms with Crippen LogP contribution in [0.1, 0.15) is 11.6 Å². The molecule has 0 saturated heterocycles. The average Bonchev–Trinajstić information content (AvgIpc) is 2.61. The van der Waals surface area contributed by atoms with E-state index in [4.69, 9.17) is 11.6 Å². The van der Waals surface area contributed by atoms with Crippen molar-refractivity contribution in [2.75, 3.05) is 11.9 Å². The summed E-state index contributed by atoms with van der Waals surface area (Å²) in [4.78, 5) is 8.78. The van der Waals surface area contributed by atoms with Crippen molar-refractivity contribution in [2.45, 2.75) is 6.04 Å². The zero-order chi connectivity index (χ0) is 16.1. The molecule has 0 aliphatic heterocycles. The lowest BCUT2D eigenvalue weighted by atomic mass is 10.1. The first kappa shape index (κ1) is 15.5. The van der Waals surface area contributed by atoms with E-state index in [1.54, 1.807) is 12.4 Å². The van der Waals surface area contributed by atoms with Crippen LogP contribution in [0.5, 0.6) is 0 Å². The van der Waals surface area contributed by atoms with Crippen LogP contribution in [0.2, 0.25) is 5.02 Å². The largest absolute Gasteiger partial charge is 0.394 e. The maximum atomic E-state index is 9.64. The van der Waals surface area contributed by atoms with Gasteiger partial charge in [-0.1, -0.05) is 54.1 Å². The highest BCUT2D eigenvalue weighted by molar-refractivity contribution is 6.30. The van der Waals surface area contributed by atoms with Crippen LogP contribution in [0.3, 0.4) is 0 Å². The number of nitrogens with zero attached hydrogens (tertiary/aromatic N) is 2. The van der Waals surface area contributed by atoms with Crippen molar-refractivity contribution in [1.29, 1.82) is 0 Å². The molecule has 0 amide bonds. The summed E-state index contributed by atoms with van der Waals surface area (Å²) in [5.74, 6) is 0.602. The molecule has 1 atom stereocenters. The molecule has 0 spiro atoms. The molecule has 3 aromatic rings. The Morgan fingerprint density at radius 1 is 1.04 bits per heavy atom. The maximum Gasteiger partial charge on any atom is 0.145 e. The normalized spacial score (nSPS) is 11.9. The predicted octanol–water partition coefficient (Wildman–Crippen LogP) is 3.94. The topological polar surface area (TPSA) is 58.0 Å². The molecular weight excluding hydrogens is 310 g/mol. The number of aromatic nitrogens is 2. The highest BCUT2D eigenvalue weighted by atomic mass is 35.5. The Hall–Kier alpha value is -2.43. The van der Waals surface area contributed by atoms with E-state index in [0.29, 0.717) is 10.8 Å². The van der Waals surface area contributed by atoms with E-state index in [1.807, 2.05) is 54.6 Å². The predicted molar refractivity (Wildman–Crippen MR) is 92.4 cm³/mol. The van der Waals surface area contributed by atoms with Gasteiger partial charge in [0.05, 0.1) is 30.7 Å². The maximum absolute atomic E-state index is 9.64. The number of hydrogen-bond donors (Lipinski definition) is 2. The van der Waals surface area contributed by atoms with Gasteiger partial charge >= 0.3 is 0 Å². The summed E-state index contributed by atoms with van der Waals surface area (Å²) in [6, 6.07) is 17.0. The van der Waals surface area contributed by atoms with Gasteiger partial charge < -0.3 is 10.4 Å². The fourth-order valence-electron chi connectivity index (χ4n) is 2.32. The van der Waals surface area contributed by atoms with Gasteiger partial charge in [0.25, 0.3) is 0 Å². The van der Waals surface area contributed by atoms with Gasteiger partial charge in [0.15, 0.2) is 0 Å². The van der Waals surface area contributed by atoms with Gasteiger partial charge in [-0.15, -0.1) is 0 Å². The van der Waals surface area contributed by atoms with Crippen LogP contribution < -0.4 is 5.32 Å². The minimum absolute atomic E-state index is 0.0346. The number of aliphatic hydroxyl groups is 1. The van der Waals surface area contributed by atoms with Gasteiger partial charge in [-0.05, 0) is 17.7 Å². The molecule has 5 heteroatoms. The van der Waals surface area contributed by atoms with Crippen molar-refractivity contribution in [3.05, 3.63) is 77.6 Å². The minimum Gasteiger partial charge on any atom is -0.394 e. The Morgan fingerprint density at radius 3 is 2.61 bits per heavy atom. The molecule has 0 saturated carbocycles. The highest BCUT2D eigenvalue weighted by Crippen LogP contribution is 2.23. The average molecular weight is 326 g/mol. The molecule has 4 nitrogen and oxygen atoms in total. The molecule has 0 aliphatic rings. The summed E-state index contributed by atoms with van der Waals surface area (Å²) in [6.07, 6.45) is 3.33. The number of rotatable bonds is 5. The Morgan fingerprint density at radius 2 is 1.87 bits per heavy atom. The Balaban J connectivity index is 1.85. The molecule has 0 fully saturated rings. The number of benzene rings is 2. The van der Waals surface area contributed by atoms with Gasteiger partial charge in [-0.3, -0.25) is 4.98 Å². The van der Waals surface area contributed by atoms with E-state index >= 15 is 0 Å². The van der Waals surface area contributed by atoms with Crippen molar-refractivity contribution in [3.63, 3.8) is 0 Å². The summed E-state index contributed by atoms with van der Waals surface area (Å²) >= 11 is 6.02. The summed E-state index contributed by atoms with van der Waals surface area (Å²) in [7, 11) is 0. The van der Waals surface area contributed by atoms with Crippen molar-refractivity contribution in [2.24, 2.45) is 0 Å². The SMILES string of the molecule is OCC(Nc1cncc(-c2cccc(Cl)c2)n1)c1ccccc1. The first-order valence-electron chi connectivity index (χ1n) is 7.26. The smallest absolute Gasteiger partial charge is 0.145 e. The molecule has 0 bridgehead atoms. The zero-order valence-corrected chi connectivity index (χ0v) is 13.1. The number of halogens is 1. The standard InChI is InChI=1S/C18H16ClN3O/c19-15-8-4-7-14(9-15)16-10-20-11-18(21-16)22-17(12-23)13-5-2-1-3-6-13/h1-11,17,23H,12H2,(H,21,22). The molecule has 0 aliphatic carbocycles. The third-order valence-electron chi connectivity index (χ3n) is 3.46. The summed E-state index contributed by atoms with van der Waals surface area (Å²) in [5, 5.41) is 13.5. The molecule has 116 valence electrons. The van der Waals surface area contributed by atoms with Gasteiger partial charge in [-0.2, -0.15) is 0 Å². The second-order valence-corrected chi connectivity index (χ2v) is 5.53. The molecule has 2 N–H and O–H groups in total. The first-order chi connectivity index (χ1) is 11.3.